The van der Waals surface area contributed by atoms with E-state index in [0.717, 1.165) is 12.9 Å². The van der Waals surface area contributed by atoms with Crippen LogP contribution >= 0.6 is 0 Å². The van der Waals surface area contributed by atoms with E-state index in [4.69, 9.17) is 0 Å². The molecule has 2 heteroatoms. The second-order valence-corrected chi connectivity index (χ2v) is 4.73. The van der Waals surface area contributed by atoms with Crippen molar-refractivity contribution in [2.24, 2.45) is 0 Å². The van der Waals surface area contributed by atoms with E-state index in [1.807, 2.05) is 0 Å². The highest BCUT2D eigenvalue weighted by Crippen LogP contribution is 2.28. The standard InChI is InChI=1S/C11H22BN/c1-2-12-9-6-10-13(12)11-7-4-3-5-8-11/h11H,2-10H2,1H3. The van der Waals surface area contributed by atoms with Gasteiger partial charge in [0, 0.05) is 0 Å². The third-order valence-corrected chi connectivity index (χ3v) is 3.94. The van der Waals surface area contributed by atoms with Crippen molar-refractivity contribution in [1.29, 1.82) is 0 Å². The van der Waals surface area contributed by atoms with Gasteiger partial charge in [0.1, 0.15) is 0 Å². The average Bonchev–Trinajstić information content (AvgIpc) is 2.67. The number of rotatable bonds is 2. The summed E-state index contributed by atoms with van der Waals surface area (Å²) >= 11 is 0. The predicted molar refractivity (Wildman–Crippen MR) is 59.2 cm³/mol. The first-order valence-electron chi connectivity index (χ1n) is 6.17. The monoisotopic (exact) mass is 179 g/mol. The van der Waals surface area contributed by atoms with Gasteiger partial charge in [0.15, 0.2) is 0 Å². The van der Waals surface area contributed by atoms with Crippen LogP contribution in [0.1, 0.15) is 45.4 Å². The maximum Gasteiger partial charge on any atom is 0.223 e. The van der Waals surface area contributed by atoms with Gasteiger partial charge in [0.25, 0.3) is 0 Å². The molecule has 1 aliphatic carbocycles. The van der Waals surface area contributed by atoms with Gasteiger partial charge in [-0.25, -0.2) is 0 Å². The van der Waals surface area contributed by atoms with E-state index in [1.165, 1.54) is 57.7 Å². The molecule has 1 saturated heterocycles. The van der Waals surface area contributed by atoms with Crippen LogP contribution in [0.2, 0.25) is 12.6 Å². The molecule has 0 unspecified atom stereocenters. The molecule has 2 fully saturated rings. The fourth-order valence-electron chi connectivity index (χ4n) is 3.19. The fourth-order valence-corrected chi connectivity index (χ4v) is 3.19. The van der Waals surface area contributed by atoms with Gasteiger partial charge in [-0.15, -0.1) is 0 Å². The first-order valence-corrected chi connectivity index (χ1v) is 6.17. The van der Waals surface area contributed by atoms with Crippen molar-refractivity contribution in [2.75, 3.05) is 6.54 Å². The van der Waals surface area contributed by atoms with E-state index in [0.29, 0.717) is 0 Å². The minimum atomic E-state index is 0.933. The molecule has 0 aromatic rings. The van der Waals surface area contributed by atoms with Crippen molar-refractivity contribution >= 4 is 6.85 Å². The molecule has 13 heavy (non-hydrogen) atoms. The van der Waals surface area contributed by atoms with E-state index >= 15 is 0 Å². The molecule has 2 aliphatic rings. The molecule has 1 heterocycles. The van der Waals surface area contributed by atoms with Crippen LogP contribution in [0.25, 0.3) is 0 Å². The number of nitrogens with zero attached hydrogens (tertiary/aromatic N) is 1. The third kappa shape index (κ3) is 2.09. The van der Waals surface area contributed by atoms with Crippen molar-refractivity contribution in [2.45, 2.75) is 64.1 Å². The predicted octanol–water partition coefficient (Wildman–Crippen LogP) is 3.04. The lowest BCUT2D eigenvalue weighted by Crippen LogP contribution is -2.42. The molecular weight excluding hydrogens is 157 g/mol. The van der Waals surface area contributed by atoms with Crippen molar-refractivity contribution in [1.82, 2.24) is 4.81 Å². The number of hydrogen-bond acceptors (Lipinski definition) is 1. The molecule has 0 amide bonds. The molecule has 1 aliphatic heterocycles. The van der Waals surface area contributed by atoms with Crippen molar-refractivity contribution in [3.05, 3.63) is 0 Å². The van der Waals surface area contributed by atoms with Crippen LogP contribution in [0, 0.1) is 0 Å². The van der Waals surface area contributed by atoms with Gasteiger partial charge in [-0.2, -0.15) is 0 Å². The topological polar surface area (TPSA) is 3.24 Å². The molecule has 0 aromatic carbocycles. The summed E-state index contributed by atoms with van der Waals surface area (Å²) in [5.41, 5.74) is 0. The highest BCUT2D eigenvalue weighted by atomic mass is 15.1. The molecule has 0 N–H and O–H groups in total. The Bertz CT molecular complexity index is 154. The maximum atomic E-state index is 2.82. The average molecular weight is 179 g/mol. The highest BCUT2D eigenvalue weighted by molar-refractivity contribution is 6.56. The minimum Gasteiger partial charge on any atom is -0.339 e. The number of hydrogen-bond donors (Lipinski definition) is 0. The summed E-state index contributed by atoms with van der Waals surface area (Å²) in [7, 11) is 0. The van der Waals surface area contributed by atoms with Crippen LogP contribution in [0.3, 0.4) is 0 Å². The van der Waals surface area contributed by atoms with Crippen LogP contribution < -0.4 is 0 Å². The molecule has 0 atom stereocenters. The second kappa shape index (κ2) is 4.50. The highest BCUT2D eigenvalue weighted by Gasteiger charge is 2.32. The zero-order chi connectivity index (χ0) is 9.10. The Hall–Kier alpha value is 0.0249. The Morgan fingerprint density at radius 3 is 2.62 bits per heavy atom. The van der Waals surface area contributed by atoms with E-state index in [9.17, 15) is 0 Å². The van der Waals surface area contributed by atoms with Crippen LogP contribution in [-0.4, -0.2) is 24.2 Å². The molecule has 2 rings (SSSR count). The van der Waals surface area contributed by atoms with Gasteiger partial charge < -0.3 is 4.81 Å². The summed E-state index contributed by atoms with van der Waals surface area (Å²) in [6.07, 6.45) is 11.7. The largest absolute Gasteiger partial charge is 0.339 e. The summed E-state index contributed by atoms with van der Waals surface area (Å²) in [5, 5.41) is 0. The van der Waals surface area contributed by atoms with Gasteiger partial charge in [-0.3, -0.25) is 0 Å². The maximum absolute atomic E-state index is 2.82. The summed E-state index contributed by atoms with van der Waals surface area (Å²) in [6, 6.07) is 0.959. The summed E-state index contributed by atoms with van der Waals surface area (Å²) < 4.78 is 0. The van der Waals surface area contributed by atoms with Gasteiger partial charge in [-0.1, -0.05) is 38.8 Å². The summed E-state index contributed by atoms with van der Waals surface area (Å²) in [6.45, 7) is 4.68. The Kier molecular flexibility index (Phi) is 3.31. The van der Waals surface area contributed by atoms with E-state index in [-0.39, 0.29) is 0 Å². The molecule has 1 saturated carbocycles. The van der Waals surface area contributed by atoms with Gasteiger partial charge in [0.2, 0.25) is 6.85 Å². The minimum absolute atomic E-state index is 0.933. The van der Waals surface area contributed by atoms with Gasteiger partial charge in [0.05, 0.1) is 0 Å². The van der Waals surface area contributed by atoms with E-state index in [1.54, 1.807) is 0 Å². The Balaban J connectivity index is 1.90. The Morgan fingerprint density at radius 2 is 1.92 bits per heavy atom. The zero-order valence-corrected chi connectivity index (χ0v) is 8.97. The molecule has 0 aromatic heterocycles. The van der Waals surface area contributed by atoms with Crippen LogP contribution in [-0.2, 0) is 0 Å². The molecule has 0 radical (unpaired) electrons. The molecular formula is C11H22BN. The smallest absolute Gasteiger partial charge is 0.223 e. The first kappa shape index (κ1) is 9.58. The quantitative estimate of drug-likeness (QED) is 0.589. The van der Waals surface area contributed by atoms with Crippen LogP contribution in [0.4, 0.5) is 0 Å². The lowest BCUT2D eigenvalue weighted by molar-refractivity contribution is 0.265. The van der Waals surface area contributed by atoms with Gasteiger partial charge >= 0.3 is 0 Å². The van der Waals surface area contributed by atoms with Crippen LogP contribution in [0.15, 0.2) is 0 Å². The lowest BCUT2D eigenvalue weighted by Gasteiger charge is -2.34. The molecule has 74 valence electrons. The van der Waals surface area contributed by atoms with Crippen molar-refractivity contribution in [3.63, 3.8) is 0 Å². The van der Waals surface area contributed by atoms with Crippen molar-refractivity contribution in [3.8, 4) is 0 Å². The van der Waals surface area contributed by atoms with Crippen LogP contribution in [0.5, 0.6) is 0 Å². The normalized spacial score (nSPS) is 27.0. The first-order chi connectivity index (χ1) is 6.42. The Morgan fingerprint density at radius 1 is 1.15 bits per heavy atom. The fraction of sp³-hybridized carbons (Fsp3) is 1.00. The summed E-state index contributed by atoms with van der Waals surface area (Å²) in [4.78, 5) is 2.82. The Labute approximate surface area is 83.0 Å². The molecule has 0 spiro atoms. The van der Waals surface area contributed by atoms with E-state index in [2.05, 4.69) is 11.7 Å². The van der Waals surface area contributed by atoms with E-state index < -0.39 is 0 Å². The second-order valence-electron chi connectivity index (χ2n) is 4.73. The zero-order valence-electron chi connectivity index (χ0n) is 8.97. The SMILES string of the molecule is CCB1CCCN1C1CCCCC1. The summed E-state index contributed by atoms with van der Waals surface area (Å²) in [5.74, 6) is 0. The third-order valence-electron chi connectivity index (χ3n) is 3.94. The lowest BCUT2D eigenvalue weighted by atomic mass is 9.56. The van der Waals surface area contributed by atoms with Crippen molar-refractivity contribution < 1.29 is 0 Å². The molecule has 1 nitrogen and oxygen atoms in total. The van der Waals surface area contributed by atoms with Gasteiger partial charge in [-0.05, 0) is 31.8 Å². The molecule has 0 bridgehead atoms.